The Morgan fingerprint density at radius 3 is 2.13 bits per heavy atom. The summed E-state index contributed by atoms with van der Waals surface area (Å²) in [6, 6.07) is 14.4. The van der Waals surface area contributed by atoms with E-state index in [9.17, 15) is 9.59 Å². The summed E-state index contributed by atoms with van der Waals surface area (Å²) in [6.07, 6.45) is 0. The van der Waals surface area contributed by atoms with Gasteiger partial charge in [-0.15, -0.1) is 0 Å². The van der Waals surface area contributed by atoms with Crippen LogP contribution in [0.5, 0.6) is 5.75 Å². The number of hydrogen-bond acceptors (Lipinski definition) is 3. The fourth-order valence-electron chi connectivity index (χ4n) is 3.00. The maximum absolute atomic E-state index is 13.0. The zero-order valence-electron chi connectivity index (χ0n) is 19.0. The van der Waals surface area contributed by atoms with Crippen molar-refractivity contribution in [3.8, 4) is 5.75 Å². The molecule has 31 heavy (non-hydrogen) atoms. The van der Waals surface area contributed by atoms with Crippen LogP contribution in [0.25, 0.3) is 0 Å². The summed E-state index contributed by atoms with van der Waals surface area (Å²) >= 11 is 5.98. The molecule has 5 nitrogen and oxygen atoms in total. The van der Waals surface area contributed by atoms with E-state index in [1.54, 1.807) is 24.0 Å². The Hall–Kier alpha value is -2.53. The van der Waals surface area contributed by atoms with Crippen molar-refractivity contribution in [1.29, 1.82) is 0 Å². The number of amides is 2. The van der Waals surface area contributed by atoms with E-state index in [-0.39, 0.29) is 18.4 Å². The van der Waals surface area contributed by atoms with Crippen LogP contribution in [0.4, 0.5) is 0 Å². The van der Waals surface area contributed by atoms with Crippen LogP contribution in [0.15, 0.2) is 48.5 Å². The molecule has 6 heteroatoms. The molecule has 0 fully saturated rings. The summed E-state index contributed by atoms with van der Waals surface area (Å²) in [5, 5.41) is 3.53. The van der Waals surface area contributed by atoms with Gasteiger partial charge in [0.25, 0.3) is 5.91 Å². The van der Waals surface area contributed by atoms with Gasteiger partial charge in [0.15, 0.2) is 6.61 Å². The van der Waals surface area contributed by atoms with Gasteiger partial charge in [-0.1, -0.05) is 63.6 Å². The number of halogens is 1. The number of nitrogens with zero attached hydrogens (tertiary/aromatic N) is 1. The quantitative estimate of drug-likeness (QED) is 0.559. The van der Waals surface area contributed by atoms with Crippen LogP contribution in [0.3, 0.4) is 0 Å². The van der Waals surface area contributed by atoms with Crippen LogP contribution in [0, 0.1) is 5.92 Å². The number of rotatable bonds is 10. The van der Waals surface area contributed by atoms with Crippen molar-refractivity contribution in [2.45, 2.75) is 53.1 Å². The second-order valence-corrected chi connectivity index (χ2v) is 8.91. The summed E-state index contributed by atoms with van der Waals surface area (Å²) < 4.78 is 5.72. The van der Waals surface area contributed by atoms with Crippen molar-refractivity contribution in [3.63, 3.8) is 0 Å². The Morgan fingerprint density at radius 2 is 1.58 bits per heavy atom. The van der Waals surface area contributed by atoms with Gasteiger partial charge in [-0.2, -0.15) is 0 Å². The first-order valence-corrected chi connectivity index (χ1v) is 11.1. The minimum Gasteiger partial charge on any atom is -0.484 e. The first-order chi connectivity index (χ1) is 14.7. The molecule has 0 saturated carbocycles. The van der Waals surface area contributed by atoms with Gasteiger partial charge in [0.2, 0.25) is 5.91 Å². The third-order valence-electron chi connectivity index (χ3n) is 5.03. The van der Waals surface area contributed by atoms with E-state index in [1.807, 2.05) is 50.2 Å². The molecular weight excluding hydrogens is 412 g/mol. The van der Waals surface area contributed by atoms with Crippen molar-refractivity contribution in [2.24, 2.45) is 5.92 Å². The summed E-state index contributed by atoms with van der Waals surface area (Å²) in [7, 11) is 0. The van der Waals surface area contributed by atoms with Gasteiger partial charge in [-0.05, 0) is 54.2 Å². The highest BCUT2D eigenvalue weighted by atomic mass is 35.5. The Bertz CT molecular complexity index is 848. The van der Waals surface area contributed by atoms with Crippen LogP contribution < -0.4 is 10.1 Å². The lowest BCUT2D eigenvalue weighted by molar-refractivity contribution is -0.142. The van der Waals surface area contributed by atoms with E-state index in [0.717, 1.165) is 5.56 Å². The van der Waals surface area contributed by atoms with Gasteiger partial charge in [-0.25, -0.2) is 0 Å². The summed E-state index contributed by atoms with van der Waals surface area (Å²) in [4.78, 5) is 27.2. The van der Waals surface area contributed by atoms with E-state index in [4.69, 9.17) is 16.3 Å². The summed E-state index contributed by atoms with van der Waals surface area (Å²) in [6.45, 7) is 10.8. The molecule has 2 amide bonds. The molecule has 1 N–H and O–H groups in total. The highest BCUT2D eigenvalue weighted by Gasteiger charge is 2.26. The van der Waals surface area contributed by atoms with Crippen molar-refractivity contribution in [2.75, 3.05) is 13.2 Å². The molecule has 0 bridgehead atoms. The Kier molecular flexibility index (Phi) is 9.38. The predicted octanol–water partition coefficient (Wildman–Crippen LogP) is 5.03. The summed E-state index contributed by atoms with van der Waals surface area (Å²) in [5.74, 6) is 0.943. The zero-order chi connectivity index (χ0) is 23.0. The number of nitrogens with one attached hydrogen (secondary N) is 1. The highest BCUT2D eigenvalue weighted by Crippen LogP contribution is 2.19. The molecule has 0 spiro atoms. The SMILES string of the molecule is CC(C)CNC(=O)[C@@H](C)N(Cc1ccc(Cl)cc1)C(=O)COc1ccc(C(C)C)cc1. The first-order valence-electron chi connectivity index (χ1n) is 10.7. The van der Waals surface area contributed by atoms with Crippen molar-refractivity contribution in [3.05, 3.63) is 64.7 Å². The third-order valence-corrected chi connectivity index (χ3v) is 5.28. The number of carbonyl (C=O) groups is 2. The fourth-order valence-corrected chi connectivity index (χ4v) is 3.12. The van der Waals surface area contributed by atoms with Gasteiger partial charge in [-0.3, -0.25) is 9.59 Å². The van der Waals surface area contributed by atoms with Crippen LogP contribution in [0.1, 0.15) is 51.7 Å². The van der Waals surface area contributed by atoms with Gasteiger partial charge in [0, 0.05) is 18.1 Å². The lowest BCUT2D eigenvalue weighted by Gasteiger charge is -2.29. The molecule has 0 aliphatic heterocycles. The van der Waals surface area contributed by atoms with Crippen LogP contribution in [-0.4, -0.2) is 35.9 Å². The molecule has 0 aromatic heterocycles. The zero-order valence-corrected chi connectivity index (χ0v) is 19.8. The van der Waals surface area contributed by atoms with Crippen LogP contribution in [0.2, 0.25) is 5.02 Å². The Balaban J connectivity index is 2.10. The largest absolute Gasteiger partial charge is 0.484 e. The average Bonchev–Trinajstić information content (AvgIpc) is 2.75. The topological polar surface area (TPSA) is 58.6 Å². The minimum atomic E-state index is -0.631. The maximum Gasteiger partial charge on any atom is 0.261 e. The van der Waals surface area contributed by atoms with Gasteiger partial charge >= 0.3 is 0 Å². The van der Waals surface area contributed by atoms with E-state index in [1.165, 1.54) is 5.56 Å². The van der Waals surface area contributed by atoms with Crippen LogP contribution >= 0.6 is 11.6 Å². The first kappa shape index (κ1) is 24.7. The molecule has 0 unspecified atom stereocenters. The molecule has 0 saturated heterocycles. The number of carbonyl (C=O) groups excluding carboxylic acids is 2. The van der Waals surface area contributed by atoms with Gasteiger partial charge in [0.1, 0.15) is 11.8 Å². The minimum absolute atomic E-state index is 0.142. The molecular formula is C25H33ClN2O3. The monoisotopic (exact) mass is 444 g/mol. The molecule has 0 radical (unpaired) electrons. The Labute approximate surface area is 190 Å². The lowest BCUT2D eigenvalue weighted by atomic mass is 10.0. The smallest absolute Gasteiger partial charge is 0.261 e. The lowest BCUT2D eigenvalue weighted by Crippen LogP contribution is -2.49. The van der Waals surface area contributed by atoms with E-state index < -0.39 is 6.04 Å². The second-order valence-electron chi connectivity index (χ2n) is 8.48. The molecule has 1 atom stereocenters. The van der Waals surface area contributed by atoms with Crippen molar-refractivity contribution in [1.82, 2.24) is 10.2 Å². The van der Waals surface area contributed by atoms with E-state index >= 15 is 0 Å². The fraction of sp³-hybridized carbons (Fsp3) is 0.440. The maximum atomic E-state index is 13.0. The highest BCUT2D eigenvalue weighted by molar-refractivity contribution is 6.30. The molecule has 0 aliphatic rings. The average molecular weight is 445 g/mol. The molecule has 2 rings (SSSR count). The van der Waals surface area contributed by atoms with Crippen molar-refractivity contribution >= 4 is 23.4 Å². The van der Waals surface area contributed by atoms with E-state index in [0.29, 0.717) is 35.7 Å². The molecule has 2 aromatic rings. The Morgan fingerprint density at radius 1 is 0.968 bits per heavy atom. The van der Waals surface area contributed by atoms with Crippen LogP contribution in [-0.2, 0) is 16.1 Å². The standard InChI is InChI=1S/C25H33ClN2O3/c1-17(2)14-27-25(30)19(5)28(15-20-6-10-22(26)11-7-20)24(29)16-31-23-12-8-21(9-13-23)18(3)4/h6-13,17-19H,14-16H2,1-5H3,(H,27,30)/t19-/m1/s1. The third kappa shape index (κ3) is 7.91. The van der Waals surface area contributed by atoms with Gasteiger partial charge in [0.05, 0.1) is 0 Å². The number of hydrogen-bond donors (Lipinski definition) is 1. The molecule has 168 valence electrons. The second kappa shape index (κ2) is 11.8. The molecule has 0 heterocycles. The molecule has 2 aromatic carbocycles. The van der Waals surface area contributed by atoms with Crippen molar-refractivity contribution < 1.29 is 14.3 Å². The molecule has 0 aliphatic carbocycles. The normalized spacial score (nSPS) is 12.0. The van der Waals surface area contributed by atoms with E-state index in [2.05, 4.69) is 19.2 Å². The number of ether oxygens (including phenoxy) is 1. The van der Waals surface area contributed by atoms with Gasteiger partial charge < -0.3 is 15.0 Å². The predicted molar refractivity (Wildman–Crippen MR) is 125 cm³/mol. The summed E-state index contributed by atoms with van der Waals surface area (Å²) in [5.41, 5.74) is 2.10. The number of benzene rings is 2.